The summed E-state index contributed by atoms with van der Waals surface area (Å²) in [6.45, 7) is -0.359. The number of carbonyl (C=O) groups is 2. The average molecular weight is 272 g/mol. The fourth-order valence-electron chi connectivity index (χ4n) is 1.35. The Hall–Kier alpha value is -2.02. The van der Waals surface area contributed by atoms with Crippen LogP contribution in [0.4, 0.5) is 8.78 Å². The van der Waals surface area contributed by atoms with Gasteiger partial charge in [-0.25, -0.2) is 8.78 Å². The van der Waals surface area contributed by atoms with Crippen LogP contribution in [0, 0.1) is 11.6 Å². The lowest BCUT2D eigenvalue weighted by Crippen LogP contribution is -2.39. The van der Waals surface area contributed by atoms with E-state index in [1.807, 2.05) is 0 Å². The summed E-state index contributed by atoms with van der Waals surface area (Å²) in [7, 11) is 1.46. The first kappa shape index (κ1) is 15.0. The maximum absolute atomic E-state index is 12.9. The van der Waals surface area contributed by atoms with Gasteiger partial charge in [-0.3, -0.25) is 9.59 Å². The fourth-order valence-corrected chi connectivity index (χ4v) is 1.35. The monoisotopic (exact) mass is 272 g/mol. The normalized spacial score (nSPS) is 10.1. The highest BCUT2D eigenvalue weighted by Gasteiger charge is 2.12. The molecule has 0 aromatic heterocycles. The van der Waals surface area contributed by atoms with Gasteiger partial charge in [-0.2, -0.15) is 0 Å². The van der Waals surface area contributed by atoms with Crippen molar-refractivity contribution in [2.75, 3.05) is 26.7 Å². The van der Waals surface area contributed by atoms with Crippen molar-refractivity contribution in [2.45, 2.75) is 0 Å². The van der Waals surface area contributed by atoms with Crippen molar-refractivity contribution in [3.05, 3.63) is 35.4 Å². The Morgan fingerprint density at radius 3 is 2.37 bits per heavy atom. The van der Waals surface area contributed by atoms with Gasteiger partial charge in [0, 0.05) is 25.2 Å². The van der Waals surface area contributed by atoms with Crippen molar-refractivity contribution < 1.29 is 23.5 Å². The molecule has 2 amide bonds. The predicted molar refractivity (Wildman–Crippen MR) is 63.4 cm³/mol. The third kappa shape index (κ3) is 4.63. The van der Waals surface area contributed by atoms with Gasteiger partial charge in [0.05, 0.1) is 13.2 Å². The molecule has 0 fully saturated rings. The Morgan fingerprint density at radius 1 is 1.26 bits per heavy atom. The first-order valence-corrected chi connectivity index (χ1v) is 5.53. The maximum Gasteiger partial charge on any atom is 0.251 e. The second-order valence-corrected chi connectivity index (χ2v) is 3.88. The van der Waals surface area contributed by atoms with Crippen LogP contribution >= 0.6 is 0 Å². The smallest absolute Gasteiger partial charge is 0.251 e. The highest BCUT2D eigenvalue weighted by molar-refractivity contribution is 5.96. The lowest BCUT2D eigenvalue weighted by atomic mass is 10.2. The van der Waals surface area contributed by atoms with E-state index in [4.69, 9.17) is 5.11 Å². The number of hydrogen-bond donors (Lipinski definition) is 2. The van der Waals surface area contributed by atoms with Crippen molar-refractivity contribution in [2.24, 2.45) is 0 Å². The SMILES string of the molecule is CN(CCO)C(=O)CNC(=O)c1cc(F)cc(F)c1. The Kier molecular flexibility index (Phi) is 5.37. The molecule has 0 saturated heterocycles. The van der Waals surface area contributed by atoms with Gasteiger partial charge in [-0.05, 0) is 12.1 Å². The van der Waals surface area contributed by atoms with Crippen molar-refractivity contribution >= 4 is 11.8 Å². The molecule has 0 saturated carbocycles. The molecule has 5 nitrogen and oxygen atoms in total. The quantitative estimate of drug-likeness (QED) is 0.801. The zero-order chi connectivity index (χ0) is 14.4. The maximum atomic E-state index is 12.9. The second kappa shape index (κ2) is 6.79. The van der Waals surface area contributed by atoms with E-state index in [9.17, 15) is 18.4 Å². The molecule has 0 bridgehead atoms. The number of aliphatic hydroxyl groups is 1. The molecule has 0 spiro atoms. The van der Waals surface area contributed by atoms with E-state index in [0.29, 0.717) is 6.07 Å². The van der Waals surface area contributed by atoms with Gasteiger partial charge in [0.1, 0.15) is 11.6 Å². The van der Waals surface area contributed by atoms with Gasteiger partial charge in [0.15, 0.2) is 0 Å². The molecule has 104 valence electrons. The van der Waals surface area contributed by atoms with E-state index in [0.717, 1.165) is 12.1 Å². The van der Waals surface area contributed by atoms with Gasteiger partial charge in [-0.1, -0.05) is 0 Å². The lowest BCUT2D eigenvalue weighted by Gasteiger charge is -2.15. The summed E-state index contributed by atoms with van der Waals surface area (Å²) in [6.07, 6.45) is 0. The van der Waals surface area contributed by atoms with E-state index in [1.165, 1.54) is 11.9 Å². The van der Waals surface area contributed by atoms with Crippen molar-refractivity contribution in [3.8, 4) is 0 Å². The van der Waals surface area contributed by atoms with Crippen molar-refractivity contribution in [1.82, 2.24) is 10.2 Å². The van der Waals surface area contributed by atoms with Crippen LogP contribution in [0.15, 0.2) is 18.2 Å². The number of hydrogen-bond acceptors (Lipinski definition) is 3. The van der Waals surface area contributed by atoms with E-state index >= 15 is 0 Å². The highest BCUT2D eigenvalue weighted by Crippen LogP contribution is 2.07. The number of rotatable bonds is 5. The zero-order valence-corrected chi connectivity index (χ0v) is 10.3. The molecule has 0 aliphatic carbocycles. The molecule has 0 heterocycles. The molecular formula is C12H14F2N2O3. The molecule has 2 N–H and O–H groups in total. The summed E-state index contributed by atoms with van der Waals surface area (Å²) in [5.41, 5.74) is -0.199. The summed E-state index contributed by atoms with van der Waals surface area (Å²) >= 11 is 0. The summed E-state index contributed by atoms with van der Waals surface area (Å²) in [6, 6.07) is 2.40. The number of amides is 2. The average Bonchev–Trinajstić information content (AvgIpc) is 2.34. The van der Waals surface area contributed by atoms with Crippen LogP contribution in [0.5, 0.6) is 0 Å². The first-order valence-electron chi connectivity index (χ1n) is 5.53. The zero-order valence-electron chi connectivity index (χ0n) is 10.3. The third-order valence-electron chi connectivity index (χ3n) is 2.39. The molecule has 19 heavy (non-hydrogen) atoms. The molecule has 1 aromatic carbocycles. The van der Waals surface area contributed by atoms with Crippen LogP contribution in [0.25, 0.3) is 0 Å². The number of nitrogens with one attached hydrogen (secondary N) is 1. The Bertz CT molecular complexity index is 460. The van der Waals surface area contributed by atoms with Crippen molar-refractivity contribution in [3.63, 3.8) is 0 Å². The Labute approximate surface area is 108 Å². The fraction of sp³-hybridized carbons (Fsp3) is 0.333. The molecule has 0 aliphatic rings. The summed E-state index contributed by atoms with van der Waals surface area (Å²) in [4.78, 5) is 24.3. The number of halogens is 2. The second-order valence-electron chi connectivity index (χ2n) is 3.88. The van der Waals surface area contributed by atoms with Crippen LogP contribution < -0.4 is 5.32 Å². The molecule has 0 unspecified atom stereocenters. The number of benzene rings is 1. The van der Waals surface area contributed by atoms with Crippen molar-refractivity contribution in [1.29, 1.82) is 0 Å². The third-order valence-corrected chi connectivity index (χ3v) is 2.39. The van der Waals surface area contributed by atoms with Crippen LogP contribution in [0.2, 0.25) is 0 Å². The molecule has 0 atom stereocenters. The number of carbonyl (C=O) groups excluding carboxylic acids is 2. The van der Waals surface area contributed by atoms with Gasteiger partial charge < -0.3 is 15.3 Å². The molecule has 1 rings (SSSR count). The van der Waals surface area contributed by atoms with Crippen LogP contribution in [0.1, 0.15) is 10.4 Å². The standard InChI is InChI=1S/C12H14F2N2O3/c1-16(2-3-17)11(18)7-15-12(19)8-4-9(13)6-10(14)5-8/h4-6,17H,2-3,7H2,1H3,(H,15,19). The largest absolute Gasteiger partial charge is 0.395 e. The van der Waals surface area contributed by atoms with Crippen LogP contribution in [-0.2, 0) is 4.79 Å². The van der Waals surface area contributed by atoms with E-state index in [2.05, 4.69) is 5.32 Å². The van der Waals surface area contributed by atoms with E-state index < -0.39 is 23.4 Å². The molecule has 1 aromatic rings. The topological polar surface area (TPSA) is 69.6 Å². The molecule has 7 heteroatoms. The van der Waals surface area contributed by atoms with Gasteiger partial charge in [0.2, 0.25) is 5.91 Å². The Balaban J connectivity index is 2.58. The minimum Gasteiger partial charge on any atom is -0.395 e. The van der Waals surface area contributed by atoms with Gasteiger partial charge in [0.25, 0.3) is 5.91 Å². The summed E-state index contributed by atoms with van der Waals surface area (Å²) in [5, 5.41) is 10.9. The first-order chi connectivity index (χ1) is 8.93. The summed E-state index contributed by atoms with van der Waals surface area (Å²) < 4.78 is 25.8. The van der Waals surface area contributed by atoms with E-state index in [-0.39, 0.29) is 25.3 Å². The molecule has 0 radical (unpaired) electrons. The van der Waals surface area contributed by atoms with Gasteiger partial charge >= 0.3 is 0 Å². The summed E-state index contributed by atoms with van der Waals surface area (Å²) in [5.74, 6) is -2.90. The number of nitrogens with zero attached hydrogens (tertiary/aromatic N) is 1. The van der Waals surface area contributed by atoms with Crippen LogP contribution in [-0.4, -0.2) is 48.6 Å². The molecular weight excluding hydrogens is 258 g/mol. The van der Waals surface area contributed by atoms with E-state index in [1.54, 1.807) is 0 Å². The number of aliphatic hydroxyl groups excluding tert-OH is 1. The number of likely N-dealkylation sites (N-methyl/N-ethyl adjacent to an activating group) is 1. The Morgan fingerprint density at radius 2 is 1.84 bits per heavy atom. The van der Waals surface area contributed by atoms with Gasteiger partial charge in [-0.15, -0.1) is 0 Å². The molecule has 0 aliphatic heterocycles. The highest BCUT2D eigenvalue weighted by atomic mass is 19.1. The van der Waals surface area contributed by atoms with Crippen LogP contribution in [0.3, 0.4) is 0 Å². The minimum absolute atomic E-state index is 0.142. The predicted octanol–water partition coefficient (Wildman–Crippen LogP) is 0.145. The minimum atomic E-state index is -0.867. The lowest BCUT2D eigenvalue weighted by molar-refractivity contribution is -0.129.